The van der Waals surface area contributed by atoms with Gasteiger partial charge in [-0.15, -0.1) is 0 Å². The van der Waals surface area contributed by atoms with Crippen LogP contribution in [0.2, 0.25) is 0 Å². The molecule has 1 rings (SSSR count). The maximum Gasteiger partial charge on any atom is 0.00607 e. The van der Waals surface area contributed by atoms with E-state index in [1.165, 1.54) is 11.1 Å². The third-order valence-corrected chi connectivity index (χ3v) is 2.35. The van der Waals surface area contributed by atoms with Crippen LogP contribution in [-0.2, 0) is 0 Å². The summed E-state index contributed by atoms with van der Waals surface area (Å²) in [4.78, 5) is 0. The third kappa shape index (κ3) is 3.59. The first-order valence-electron chi connectivity index (χ1n) is 4.79. The molecule has 0 aliphatic heterocycles. The molecule has 0 nitrogen and oxygen atoms in total. The fourth-order valence-corrected chi connectivity index (χ4v) is 1.46. The van der Waals surface area contributed by atoms with Crippen molar-refractivity contribution in [2.45, 2.75) is 20.3 Å². The van der Waals surface area contributed by atoms with Crippen LogP contribution < -0.4 is 0 Å². The number of allylic oxidation sites excluding steroid dienone is 4. The molecule has 0 heteroatoms. The van der Waals surface area contributed by atoms with Crippen molar-refractivity contribution in [1.29, 1.82) is 0 Å². The first kappa shape index (κ1) is 13.4. The fraction of sp³-hybridized carbons (Fsp3) is 0.200. The molecule has 0 aliphatic rings. The monoisotopic (exact) mass is 200 g/mol. The van der Waals surface area contributed by atoms with Crippen molar-refractivity contribution >= 4 is 0 Å². The van der Waals surface area contributed by atoms with Gasteiger partial charge in [-0.2, -0.15) is 0 Å². The Morgan fingerprint density at radius 1 is 1.20 bits per heavy atom. The first-order valence-corrected chi connectivity index (χ1v) is 4.79. The van der Waals surface area contributed by atoms with E-state index in [1.807, 2.05) is 18.2 Å². The average Bonchev–Trinajstić information content (AvgIpc) is 2.26. The Balaban J connectivity index is 0.00000196. The summed E-state index contributed by atoms with van der Waals surface area (Å²) >= 11 is 0. The van der Waals surface area contributed by atoms with Crippen LogP contribution in [0.3, 0.4) is 0 Å². The molecule has 1 atom stereocenters. The average molecular weight is 200 g/mol. The van der Waals surface area contributed by atoms with Crippen LogP contribution in [0, 0.1) is 0 Å². The highest BCUT2D eigenvalue weighted by Gasteiger charge is 2.06. The minimum atomic E-state index is 0. The fourth-order valence-electron chi connectivity index (χ4n) is 1.46. The quantitative estimate of drug-likeness (QED) is 0.617. The van der Waals surface area contributed by atoms with E-state index in [-0.39, 0.29) is 7.43 Å². The maximum absolute atomic E-state index is 3.81. The predicted molar refractivity (Wildman–Crippen MR) is 70.1 cm³/mol. The zero-order valence-electron chi connectivity index (χ0n) is 8.61. The van der Waals surface area contributed by atoms with Gasteiger partial charge in [0.15, 0.2) is 0 Å². The van der Waals surface area contributed by atoms with Gasteiger partial charge >= 0.3 is 0 Å². The first-order chi connectivity index (χ1) is 6.79. The van der Waals surface area contributed by atoms with Crippen LogP contribution in [0.1, 0.15) is 25.8 Å². The van der Waals surface area contributed by atoms with Gasteiger partial charge in [0.25, 0.3) is 0 Å². The molecule has 0 amide bonds. The van der Waals surface area contributed by atoms with E-state index in [0.29, 0.717) is 5.92 Å². The van der Waals surface area contributed by atoms with Crippen molar-refractivity contribution in [3.63, 3.8) is 0 Å². The summed E-state index contributed by atoms with van der Waals surface area (Å²) in [6, 6.07) is 10.4. The Labute approximate surface area is 93.7 Å². The molecule has 1 aromatic rings. The molecular weight excluding hydrogens is 180 g/mol. The second-order valence-electron chi connectivity index (χ2n) is 3.24. The molecule has 1 unspecified atom stereocenters. The van der Waals surface area contributed by atoms with Crippen molar-refractivity contribution in [2.24, 2.45) is 0 Å². The van der Waals surface area contributed by atoms with Crippen molar-refractivity contribution < 1.29 is 0 Å². The molecule has 0 bridgehead atoms. The highest BCUT2D eigenvalue weighted by atomic mass is 14.1. The van der Waals surface area contributed by atoms with E-state index >= 15 is 0 Å². The molecular formula is C15H20. The number of hydrogen-bond acceptors (Lipinski definition) is 0. The normalized spacial score (nSPS) is 12.5. The largest absolute Gasteiger partial charge is 0.0991 e. The maximum atomic E-state index is 3.81. The smallest absolute Gasteiger partial charge is 0.00607 e. The van der Waals surface area contributed by atoms with E-state index < -0.39 is 0 Å². The van der Waals surface area contributed by atoms with E-state index in [4.69, 9.17) is 0 Å². The molecule has 0 N–H and O–H groups in total. The molecule has 15 heavy (non-hydrogen) atoms. The van der Waals surface area contributed by atoms with Crippen LogP contribution >= 0.6 is 0 Å². The molecule has 0 radical (unpaired) electrons. The lowest BCUT2D eigenvalue weighted by Gasteiger charge is -2.12. The van der Waals surface area contributed by atoms with Crippen LogP contribution in [0.25, 0.3) is 0 Å². The predicted octanol–water partition coefficient (Wildman–Crippen LogP) is 4.72. The Kier molecular flexibility index (Phi) is 6.12. The highest BCUT2D eigenvalue weighted by molar-refractivity contribution is 5.34. The molecule has 0 aliphatic carbocycles. The molecule has 0 heterocycles. The molecule has 0 aromatic heterocycles. The molecule has 0 saturated carbocycles. The van der Waals surface area contributed by atoms with Gasteiger partial charge in [0.05, 0.1) is 0 Å². The van der Waals surface area contributed by atoms with Gasteiger partial charge in [0.2, 0.25) is 0 Å². The Morgan fingerprint density at radius 2 is 1.80 bits per heavy atom. The van der Waals surface area contributed by atoms with Crippen LogP contribution in [0.5, 0.6) is 0 Å². The van der Waals surface area contributed by atoms with E-state index in [0.717, 1.165) is 0 Å². The summed E-state index contributed by atoms with van der Waals surface area (Å²) < 4.78 is 0. The van der Waals surface area contributed by atoms with E-state index in [9.17, 15) is 0 Å². The topological polar surface area (TPSA) is 0 Å². The van der Waals surface area contributed by atoms with Crippen molar-refractivity contribution in [1.82, 2.24) is 0 Å². The molecule has 1 aromatic carbocycles. The lowest BCUT2D eigenvalue weighted by atomic mass is 9.93. The lowest BCUT2D eigenvalue weighted by Crippen LogP contribution is -1.95. The molecule has 0 spiro atoms. The van der Waals surface area contributed by atoms with Gasteiger partial charge in [-0.05, 0) is 11.1 Å². The van der Waals surface area contributed by atoms with Crippen molar-refractivity contribution in [3.8, 4) is 0 Å². The summed E-state index contributed by atoms with van der Waals surface area (Å²) in [7, 11) is 0. The van der Waals surface area contributed by atoms with Gasteiger partial charge in [0, 0.05) is 5.92 Å². The molecule has 0 saturated heterocycles. The highest BCUT2D eigenvalue weighted by Crippen LogP contribution is 2.23. The zero-order valence-corrected chi connectivity index (χ0v) is 8.61. The van der Waals surface area contributed by atoms with Gasteiger partial charge in [-0.1, -0.05) is 76.1 Å². The summed E-state index contributed by atoms with van der Waals surface area (Å²) in [5.74, 6) is 0.381. The molecule has 80 valence electrons. The summed E-state index contributed by atoms with van der Waals surface area (Å²) in [5.41, 5.74) is 2.51. The zero-order chi connectivity index (χ0) is 10.4. The third-order valence-electron chi connectivity index (χ3n) is 2.35. The van der Waals surface area contributed by atoms with Crippen LogP contribution in [0.15, 0.2) is 67.3 Å². The van der Waals surface area contributed by atoms with Crippen molar-refractivity contribution in [2.75, 3.05) is 0 Å². The summed E-state index contributed by atoms with van der Waals surface area (Å²) in [6.45, 7) is 9.68. The minimum absolute atomic E-state index is 0. The Hall–Kier alpha value is -1.56. The van der Waals surface area contributed by atoms with E-state index in [2.05, 4.69) is 44.3 Å². The Bertz CT molecular complexity index is 330. The van der Waals surface area contributed by atoms with E-state index in [1.54, 1.807) is 6.08 Å². The summed E-state index contributed by atoms with van der Waals surface area (Å²) in [6.07, 6.45) is 5.69. The second kappa shape index (κ2) is 6.83. The number of benzene rings is 1. The van der Waals surface area contributed by atoms with Crippen LogP contribution in [-0.4, -0.2) is 0 Å². The lowest BCUT2D eigenvalue weighted by molar-refractivity contribution is 0.922. The molecule has 0 fully saturated rings. The SMILES string of the molecule is C.C=C/C=C(\C=C)C(C)c1ccccc1. The van der Waals surface area contributed by atoms with Gasteiger partial charge in [-0.3, -0.25) is 0 Å². The number of rotatable bonds is 4. The van der Waals surface area contributed by atoms with Crippen molar-refractivity contribution in [3.05, 3.63) is 72.9 Å². The van der Waals surface area contributed by atoms with Gasteiger partial charge < -0.3 is 0 Å². The number of hydrogen-bond donors (Lipinski definition) is 0. The van der Waals surface area contributed by atoms with Gasteiger partial charge in [-0.25, -0.2) is 0 Å². The Morgan fingerprint density at radius 3 is 2.27 bits per heavy atom. The standard InChI is InChI=1S/C14H16.CH4/c1-4-9-13(5-2)12(3)14-10-7-6-8-11-14;/h4-12H,1-2H2,3H3;1H4/b13-9+;. The van der Waals surface area contributed by atoms with Crippen LogP contribution in [0.4, 0.5) is 0 Å². The minimum Gasteiger partial charge on any atom is -0.0991 e. The van der Waals surface area contributed by atoms with Gasteiger partial charge in [0.1, 0.15) is 0 Å². The second-order valence-corrected chi connectivity index (χ2v) is 3.24. The summed E-state index contributed by atoms with van der Waals surface area (Å²) in [5, 5.41) is 0.